The van der Waals surface area contributed by atoms with Crippen molar-refractivity contribution in [3.63, 3.8) is 0 Å². The van der Waals surface area contributed by atoms with Crippen molar-refractivity contribution in [2.45, 2.75) is 12.1 Å². The molecule has 6 nitrogen and oxygen atoms in total. The number of amides is 1. The van der Waals surface area contributed by atoms with Crippen molar-refractivity contribution in [3.05, 3.63) is 107 Å². The number of para-hydroxylation sites is 1. The second-order valence-electron chi connectivity index (χ2n) is 7.99. The summed E-state index contributed by atoms with van der Waals surface area (Å²) in [5.41, 5.74) is 2.19. The Balaban J connectivity index is 1.47. The van der Waals surface area contributed by atoms with Crippen molar-refractivity contribution in [2.24, 2.45) is 0 Å². The zero-order valence-corrected chi connectivity index (χ0v) is 20.7. The summed E-state index contributed by atoms with van der Waals surface area (Å²) in [6.07, 6.45) is 1.71. The molecule has 0 saturated carbocycles. The van der Waals surface area contributed by atoms with E-state index in [2.05, 4.69) is 31.5 Å². The predicted octanol–water partition coefficient (Wildman–Crippen LogP) is 5.85. The fourth-order valence-electron chi connectivity index (χ4n) is 4.11. The van der Waals surface area contributed by atoms with Crippen LogP contribution in [-0.2, 0) is 4.79 Å². The third-order valence-electron chi connectivity index (χ3n) is 5.68. The molecule has 5 rings (SSSR count). The Bertz CT molecular complexity index is 1370. The number of nitrogens with one attached hydrogen (secondary N) is 2. The van der Waals surface area contributed by atoms with Gasteiger partial charge >= 0.3 is 0 Å². The van der Waals surface area contributed by atoms with E-state index in [0.717, 1.165) is 5.69 Å². The van der Waals surface area contributed by atoms with Crippen LogP contribution in [0.2, 0.25) is 0 Å². The standard InChI is InChI=1S/C26H20BrFN4O2S/c27-19-14-16(28)9-10-18(19)21-11-12-22(34-21)25-24(20-8-4-5-13-29-20)31-26(35)32(25)15-23(33)30-17-6-2-1-3-7-17/h1-14,24-25H,15H2,(H,30,33)(H,31,35)/t24-,25-/m1/s1. The Morgan fingerprint density at radius 1 is 1.11 bits per heavy atom. The number of furan rings is 1. The number of thiocarbonyl (C=S) groups is 1. The summed E-state index contributed by atoms with van der Waals surface area (Å²) in [5, 5.41) is 6.63. The summed E-state index contributed by atoms with van der Waals surface area (Å²) in [4.78, 5) is 19.2. The van der Waals surface area contributed by atoms with E-state index in [1.165, 1.54) is 12.1 Å². The summed E-state index contributed by atoms with van der Waals surface area (Å²) < 4.78 is 20.4. The van der Waals surface area contributed by atoms with Crippen LogP contribution in [0.25, 0.3) is 11.3 Å². The Morgan fingerprint density at radius 2 is 1.91 bits per heavy atom. The molecule has 0 bridgehead atoms. The highest BCUT2D eigenvalue weighted by Crippen LogP contribution is 2.41. The molecule has 176 valence electrons. The maximum Gasteiger partial charge on any atom is 0.244 e. The quantitative estimate of drug-likeness (QED) is 0.293. The van der Waals surface area contributed by atoms with Crippen molar-refractivity contribution < 1.29 is 13.6 Å². The molecule has 0 aliphatic carbocycles. The van der Waals surface area contributed by atoms with Gasteiger partial charge in [0.2, 0.25) is 5.91 Å². The fourth-order valence-corrected chi connectivity index (χ4v) is 4.96. The maximum absolute atomic E-state index is 13.6. The number of carbonyl (C=O) groups is 1. The average molecular weight is 551 g/mol. The van der Waals surface area contributed by atoms with Crippen LogP contribution in [0, 0.1) is 5.82 Å². The van der Waals surface area contributed by atoms with E-state index in [1.807, 2.05) is 60.7 Å². The Hall–Kier alpha value is -3.56. The van der Waals surface area contributed by atoms with Crippen molar-refractivity contribution in [1.82, 2.24) is 15.2 Å². The lowest BCUT2D eigenvalue weighted by Gasteiger charge is -2.25. The molecule has 2 aromatic heterocycles. The van der Waals surface area contributed by atoms with E-state index in [0.29, 0.717) is 32.4 Å². The monoisotopic (exact) mass is 550 g/mol. The van der Waals surface area contributed by atoms with Crippen LogP contribution in [0.5, 0.6) is 0 Å². The number of rotatable bonds is 6. The zero-order valence-electron chi connectivity index (χ0n) is 18.3. The van der Waals surface area contributed by atoms with Gasteiger partial charge in [-0.05, 0) is 82.7 Å². The Kier molecular flexibility index (Phi) is 6.61. The predicted molar refractivity (Wildman–Crippen MR) is 139 cm³/mol. The lowest BCUT2D eigenvalue weighted by atomic mass is 10.0. The summed E-state index contributed by atoms with van der Waals surface area (Å²) in [5.74, 6) is 0.619. The van der Waals surface area contributed by atoms with Crippen LogP contribution in [0.4, 0.5) is 10.1 Å². The van der Waals surface area contributed by atoms with Crippen LogP contribution in [-0.4, -0.2) is 27.4 Å². The first-order valence-corrected chi connectivity index (χ1v) is 12.1. The molecular formula is C26H20BrFN4O2S. The molecule has 1 aliphatic rings. The first-order valence-electron chi connectivity index (χ1n) is 10.9. The van der Waals surface area contributed by atoms with E-state index in [4.69, 9.17) is 16.6 Å². The lowest BCUT2D eigenvalue weighted by Crippen LogP contribution is -2.36. The fraction of sp³-hybridized carbons (Fsp3) is 0.115. The van der Waals surface area contributed by atoms with E-state index < -0.39 is 6.04 Å². The normalized spacial score (nSPS) is 17.3. The molecule has 3 heterocycles. The summed E-state index contributed by atoms with van der Waals surface area (Å²) in [7, 11) is 0. The molecule has 1 saturated heterocycles. The van der Waals surface area contributed by atoms with Gasteiger partial charge < -0.3 is 20.0 Å². The van der Waals surface area contributed by atoms with Gasteiger partial charge in [0, 0.05) is 21.9 Å². The lowest BCUT2D eigenvalue weighted by molar-refractivity contribution is -0.116. The molecule has 1 fully saturated rings. The molecule has 1 amide bonds. The topological polar surface area (TPSA) is 70.4 Å². The van der Waals surface area contributed by atoms with Crippen molar-refractivity contribution in [3.8, 4) is 11.3 Å². The third-order valence-corrected chi connectivity index (χ3v) is 6.69. The van der Waals surface area contributed by atoms with Gasteiger partial charge in [-0.15, -0.1) is 0 Å². The van der Waals surface area contributed by atoms with E-state index in [9.17, 15) is 9.18 Å². The van der Waals surface area contributed by atoms with Crippen LogP contribution < -0.4 is 10.6 Å². The SMILES string of the molecule is O=C(CN1C(=S)N[C@H](c2ccccn2)[C@H]1c1ccc(-c2ccc(F)cc2Br)o1)Nc1ccccc1. The van der Waals surface area contributed by atoms with Crippen molar-refractivity contribution >= 4 is 44.9 Å². The number of hydrogen-bond acceptors (Lipinski definition) is 4. The average Bonchev–Trinajstić information content (AvgIpc) is 3.45. The Labute approximate surface area is 215 Å². The Morgan fingerprint density at radius 3 is 2.66 bits per heavy atom. The van der Waals surface area contributed by atoms with E-state index in [-0.39, 0.29) is 24.3 Å². The van der Waals surface area contributed by atoms with Gasteiger partial charge in [0.25, 0.3) is 0 Å². The van der Waals surface area contributed by atoms with Crippen LogP contribution in [0.3, 0.4) is 0 Å². The third kappa shape index (κ3) is 4.96. The largest absolute Gasteiger partial charge is 0.459 e. The molecule has 2 N–H and O–H groups in total. The molecule has 35 heavy (non-hydrogen) atoms. The van der Waals surface area contributed by atoms with E-state index >= 15 is 0 Å². The molecule has 2 aromatic carbocycles. The summed E-state index contributed by atoms with van der Waals surface area (Å²) in [6, 6.07) is 22.2. The zero-order chi connectivity index (χ0) is 24.4. The number of benzene rings is 2. The van der Waals surface area contributed by atoms with Gasteiger partial charge in [-0.25, -0.2) is 4.39 Å². The minimum absolute atomic E-state index is 0.0189. The van der Waals surface area contributed by atoms with Crippen LogP contribution >= 0.6 is 28.1 Å². The van der Waals surface area contributed by atoms with Crippen LogP contribution in [0.15, 0.2) is 93.9 Å². The van der Waals surface area contributed by atoms with Crippen molar-refractivity contribution in [1.29, 1.82) is 0 Å². The minimum atomic E-state index is -0.424. The number of hydrogen-bond donors (Lipinski definition) is 2. The molecule has 0 radical (unpaired) electrons. The second-order valence-corrected chi connectivity index (χ2v) is 9.24. The highest BCUT2D eigenvalue weighted by molar-refractivity contribution is 9.10. The second kappa shape index (κ2) is 9.97. The molecule has 9 heteroatoms. The van der Waals surface area contributed by atoms with Gasteiger partial charge in [-0.3, -0.25) is 9.78 Å². The smallest absolute Gasteiger partial charge is 0.244 e. The molecule has 0 spiro atoms. The van der Waals surface area contributed by atoms with Gasteiger partial charge in [0.1, 0.15) is 29.9 Å². The maximum atomic E-state index is 13.6. The summed E-state index contributed by atoms with van der Waals surface area (Å²) >= 11 is 9.03. The van der Waals surface area contributed by atoms with Gasteiger partial charge in [-0.1, -0.05) is 24.3 Å². The van der Waals surface area contributed by atoms with Gasteiger partial charge in [0.15, 0.2) is 5.11 Å². The van der Waals surface area contributed by atoms with Gasteiger partial charge in [-0.2, -0.15) is 0 Å². The number of carbonyl (C=O) groups excluding carboxylic acids is 1. The number of aromatic nitrogens is 1. The first kappa shape index (κ1) is 23.2. The number of nitrogens with zero attached hydrogens (tertiary/aromatic N) is 2. The summed E-state index contributed by atoms with van der Waals surface area (Å²) in [6.45, 7) is 0.0189. The molecule has 2 atom stereocenters. The number of anilines is 1. The molecule has 0 unspecified atom stereocenters. The highest BCUT2D eigenvalue weighted by atomic mass is 79.9. The van der Waals surface area contributed by atoms with E-state index in [1.54, 1.807) is 17.2 Å². The number of halogens is 2. The number of pyridine rings is 1. The van der Waals surface area contributed by atoms with Crippen molar-refractivity contribution in [2.75, 3.05) is 11.9 Å². The minimum Gasteiger partial charge on any atom is -0.459 e. The van der Waals surface area contributed by atoms with Gasteiger partial charge in [0.05, 0.1) is 11.7 Å². The molecular weight excluding hydrogens is 531 g/mol. The highest BCUT2D eigenvalue weighted by Gasteiger charge is 2.42. The molecule has 4 aromatic rings. The molecule has 1 aliphatic heterocycles. The first-order chi connectivity index (χ1) is 17.0. The van der Waals surface area contributed by atoms with Crippen LogP contribution in [0.1, 0.15) is 23.5 Å².